The summed E-state index contributed by atoms with van der Waals surface area (Å²) in [6.07, 6.45) is 0.398. The van der Waals surface area contributed by atoms with Crippen LogP contribution in [0.4, 0.5) is 13.2 Å². The molecule has 10 heteroatoms. The zero-order chi connectivity index (χ0) is 20.4. The Bertz CT molecular complexity index is 957. The molecular weight excluding hydrogens is 387 g/mol. The lowest BCUT2D eigenvalue weighted by molar-refractivity contribution is -0.118. The number of carbonyl (C=O) groups excluding carboxylic acids is 1. The molecule has 2 rings (SSSR count). The van der Waals surface area contributed by atoms with E-state index in [4.69, 9.17) is 10.5 Å². The van der Waals surface area contributed by atoms with Gasteiger partial charge >= 0.3 is 15.6 Å². The van der Waals surface area contributed by atoms with Gasteiger partial charge in [0.2, 0.25) is 5.91 Å². The van der Waals surface area contributed by atoms with Crippen molar-refractivity contribution in [1.29, 1.82) is 0 Å². The average Bonchev–Trinajstić information content (AvgIpc) is 2.57. The summed E-state index contributed by atoms with van der Waals surface area (Å²) in [7, 11) is -4.34. The Morgan fingerprint density at radius 3 is 2.41 bits per heavy atom. The van der Waals surface area contributed by atoms with E-state index in [1.165, 1.54) is 19.2 Å². The molecule has 2 N–H and O–H groups in total. The third kappa shape index (κ3) is 4.82. The van der Waals surface area contributed by atoms with Gasteiger partial charge in [-0.1, -0.05) is 13.0 Å². The van der Waals surface area contributed by atoms with Crippen LogP contribution in [0, 0.1) is 0 Å². The van der Waals surface area contributed by atoms with E-state index in [0.29, 0.717) is 28.5 Å². The summed E-state index contributed by atoms with van der Waals surface area (Å²) in [6, 6.07) is 7.25. The Morgan fingerprint density at radius 2 is 1.85 bits per heavy atom. The Labute approximate surface area is 154 Å². The fourth-order valence-corrected chi connectivity index (χ4v) is 3.05. The second kappa shape index (κ2) is 7.63. The molecule has 0 spiro atoms. The normalized spacial score (nSPS) is 13.4. The summed E-state index contributed by atoms with van der Waals surface area (Å²) >= 11 is 0. The first kappa shape index (κ1) is 20.8. The van der Waals surface area contributed by atoms with Crippen LogP contribution in [0.15, 0.2) is 30.3 Å². The van der Waals surface area contributed by atoms with Crippen molar-refractivity contribution in [2.75, 3.05) is 7.11 Å². The van der Waals surface area contributed by atoms with Crippen LogP contribution in [-0.4, -0.2) is 26.9 Å². The summed E-state index contributed by atoms with van der Waals surface area (Å²) in [5.41, 5.74) is 0.122. The lowest BCUT2D eigenvalue weighted by Crippen LogP contribution is -2.28. The maximum Gasteiger partial charge on any atom is 0.534 e. The van der Waals surface area contributed by atoms with Gasteiger partial charge in [0, 0.05) is 6.42 Å². The molecule has 0 heterocycles. The molecular formula is C17H18F3NO5S. The Balaban J connectivity index is 2.56. The van der Waals surface area contributed by atoms with Crippen LogP contribution in [0.3, 0.4) is 0 Å². The molecule has 0 saturated carbocycles. The molecule has 0 radical (unpaired) electrons. The number of benzene rings is 2. The van der Waals surface area contributed by atoms with Gasteiger partial charge in [-0.25, -0.2) is 0 Å². The van der Waals surface area contributed by atoms with Crippen LogP contribution in [0.25, 0.3) is 10.8 Å². The zero-order valence-corrected chi connectivity index (χ0v) is 15.4. The number of ether oxygens (including phenoxy) is 1. The van der Waals surface area contributed by atoms with E-state index < -0.39 is 27.3 Å². The molecule has 148 valence electrons. The number of rotatable bonds is 7. The third-order valence-corrected chi connectivity index (χ3v) is 4.99. The van der Waals surface area contributed by atoms with Crippen molar-refractivity contribution in [1.82, 2.24) is 0 Å². The highest BCUT2D eigenvalue weighted by Gasteiger charge is 2.48. The maximum atomic E-state index is 12.6. The number of hydrogen-bond donors (Lipinski definition) is 1. The first-order valence-corrected chi connectivity index (χ1v) is 9.26. The van der Waals surface area contributed by atoms with Gasteiger partial charge in [0.05, 0.1) is 7.11 Å². The molecule has 0 aliphatic heterocycles. The number of alkyl halides is 3. The Kier molecular flexibility index (Phi) is 5.88. The highest BCUT2D eigenvalue weighted by Crippen LogP contribution is 2.36. The van der Waals surface area contributed by atoms with Crippen molar-refractivity contribution < 1.29 is 35.3 Å². The van der Waals surface area contributed by atoms with Crippen LogP contribution >= 0.6 is 0 Å². The molecule has 2 aromatic rings. The van der Waals surface area contributed by atoms with Gasteiger partial charge in [0.1, 0.15) is 11.5 Å². The molecule has 0 aromatic heterocycles. The maximum absolute atomic E-state index is 12.6. The second-order valence-electron chi connectivity index (χ2n) is 5.99. The van der Waals surface area contributed by atoms with Gasteiger partial charge in [-0.05, 0) is 52.9 Å². The number of fused-ring (bicyclic) bond motifs is 1. The lowest BCUT2D eigenvalue weighted by Gasteiger charge is -2.17. The number of methoxy groups -OCH3 is 1. The van der Waals surface area contributed by atoms with Crippen molar-refractivity contribution in [2.45, 2.75) is 31.2 Å². The summed E-state index contributed by atoms with van der Waals surface area (Å²) < 4.78 is 69.9. The van der Waals surface area contributed by atoms with Crippen LogP contribution in [0.5, 0.6) is 11.5 Å². The minimum atomic E-state index is -5.80. The van der Waals surface area contributed by atoms with Gasteiger partial charge in [0.25, 0.3) is 0 Å². The van der Waals surface area contributed by atoms with Gasteiger partial charge in [-0.15, -0.1) is 0 Å². The molecule has 0 fully saturated rings. The SMILES string of the molecule is COc1ccc2cc(OS(=O)(=O)C(F)(F)F)cc(C(C)CCC(N)=O)c2c1. The topological polar surface area (TPSA) is 95.7 Å². The van der Waals surface area contributed by atoms with E-state index in [2.05, 4.69) is 4.18 Å². The molecule has 1 atom stereocenters. The van der Waals surface area contributed by atoms with Crippen LogP contribution in [-0.2, 0) is 14.9 Å². The van der Waals surface area contributed by atoms with Gasteiger partial charge in [-0.3, -0.25) is 4.79 Å². The van der Waals surface area contributed by atoms with Crippen LogP contribution < -0.4 is 14.7 Å². The Hall–Kier alpha value is -2.49. The third-order valence-electron chi connectivity index (χ3n) is 4.01. The van der Waals surface area contributed by atoms with Gasteiger partial charge in [0.15, 0.2) is 0 Å². The van der Waals surface area contributed by atoms with Gasteiger partial charge in [-0.2, -0.15) is 21.6 Å². The standard InChI is InChI=1S/C17H18F3NO5S/c1-10(3-6-16(21)22)14-9-13(26-27(23,24)17(18,19)20)7-11-4-5-12(25-2)8-15(11)14/h4-5,7-10H,3,6H2,1-2H3,(H2,21,22). The van der Waals surface area contributed by atoms with Gasteiger partial charge < -0.3 is 14.7 Å². The second-order valence-corrected chi connectivity index (χ2v) is 7.53. The van der Waals surface area contributed by atoms with Crippen LogP contribution in [0.1, 0.15) is 31.2 Å². The predicted molar refractivity (Wildman–Crippen MR) is 92.9 cm³/mol. The van der Waals surface area contributed by atoms with E-state index in [1.54, 1.807) is 25.1 Å². The van der Waals surface area contributed by atoms with E-state index in [1.807, 2.05) is 0 Å². The van der Waals surface area contributed by atoms with Crippen LogP contribution in [0.2, 0.25) is 0 Å². The van der Waals surface area contributed by atoms with Crippen molar-refractivity contribution >= 4 is 26.8 Å². The predicted octanol–water partition coefficient (Wildman–Crippen LogP) is 3.45. The molecule has 0 aliphatic rings. The highest BCUT2D eigenvalue weighted by atomic mass is 32.2. The molecule has 0 saturated heterocycles. The molecule has 27 heavy (non-hydrogen) atoms. The summed E-state index contributed by atoms with van der Waals surface area (Å²) in [6.45, 7) is 1.75. The van der Waals surface area contributed by atoms with E-state index in [9.17, 15) is 26.4 Å². The first-order chi connectivity index (χ1) is 12.4. The Morgan fingerprint density at radius 1 is 1.19 bits per heavy atom. The molecule has 0 bridgehead atoms. The number of nitrogens with two attached hydrogens (primary N) is 1. The minimum absolute atomic E-state index is 0.0680. The fraction of sp³-hybridized carbons (Fsp3) is 0.353. The number of primary amides is 1. The first-order valence-electron chi connectivity index (χ1n) is 7.85. The quantitative estimate of drug-likeness (QED) is 0.562. The van der Waals surface area contributed by atoms with Crippen molar-refractivity contribution in [3.05, 3.63) is 35.9 Å². The van der Waals surface area contributed by atoms with E-state index in [0.717, 1.165) is 0 Å². The largest absolute Gasteiger partial charge is 0.534 e. The van der Waals surface area contributed by atoms with Crippen molar-refractivity contribution in [3.8, 4) is 11.5 Å². The monoisotopic (exact) mass is 405 g/mol. The molecule has 1 amide bonds. The van der Waals surface area contributed by atoms with E-state index in [-0.39, 0.29) is 12.3 Å². The smallest absolute Gasteiger partial charge is 0.497 e. The molecule has 6 nitrogen and oxygen atoms in total. The van der Waals surface area contributed by atoms with E-state index >= 15 is 0 Å². The summed E-state index contributed by atoms with van der Waals surface area (Å²) in [5, 5.41) is 1.11. The fourth-order valence-electron chi connectivity index (χ4n) is 2.61. The summed E-state index contributed by atoms with van der Waals surface area (Å²) in [4.78, 5) is 11.0. The summed E-state index contributed by atoms with van der Waals surface area (Å²) in [5.74, 6) is -0.770. The van der Waals surface area contributed by atoms with Crippen molar-refractivity contribution in [2.24, 2.45) is 5.73 Å². The minimum Gasteiger partial charge on any atom is -0.497 e. The molecule has 0 aliphatic carbocycles. The zero-order valence-electron chi connectivity index (χ0n) is 14.5. The number of halogens is 3. The lowest BCUT2D eigenvalue weighted by atomic mass is 9.91. The number of amides is 1. The number of hydrogen-bond acceptors (Lipinski definition) is 5. The highest BCUT2D eigenvalue weighted by molar-refractivity contribution is 7.88. The number of carbonyl (C=O) groups is 1. The molecule has 2 aromatic carbocycles. The average molecular weight is 405 g/mol. The van der Waals surface area contributed by atoms with Crippen molar-refractivity contribution in [3.63, 3.8) is 0 Å². The molecule has 1 unspecified atom stereocenters.